The van der Waals surface area contributed by atoms with Crippen LogP contribution < -0.4 is 10.5 Å². The predicted octanol–water partition coefficient (Wildman–Crippen LogP) is 3.04. The lowest BCUT2D eigenvalue weighted by molar-refractivity contribution is 0.246. The summed E-state index contributed by atoms with van der Waals surface area (Å²) in [5, 5.41) is 3.62. The van der Waals surface area contributed by atoms with E-state index >= 15 is 0 Å². The van der Waals surface area contributed by atoms with E-state index in [0.717, 1.165) is 15.8 Å². The monoisotopic (exact) mass is 296 g/mol. The molecule has 2 aromatic rings. The van der Waals surface area contributed by atoms with Gasteiger partial charge in [0.1, 0.15) is 12.4 Å². The Balaban J connectivity index is 2.14. The van der Waals surface area contributed by atoms with E-state index in [1.54, 1.807) is 12.3 Å². The van der Waals surface area contributed by atoms with E-state index in [2.05, 4.69) is 21.1 Å². The zero-order valence-corrected chi connectivity index (χ0v) is 11.0. The Hall–Kier alpha value is -1.33. The van der Waals surface area contributed by atoms with E-state index in [0.29, 0.717) is 12.4 Å². The Bertz CT molecular complexity index is 483. The number of aromatic nitrogens is 1. The number of hydrogen-bond donors (Lipinski definition) is 1. The van der Waals surface area contributed by atoms with Crippen molar-refractivity contribution in [2.24, 2.45) is 5.73 Å². The molecule has 17 heavy (non-hydrogen) atoms. The van der Waals surface area contributed by atoms with Gasteiger partial charge in [-0.25, -0.2) is 0 Å². The number of benzene rings is 1. The van der Waals surface area contributed by atoms with Crippen LogP contribution in [0.4, 0.5) is 0 Å². The molecule has 0 aliphatic heterocycles. The van der Waals surface area contributed by atoms with Crippen molar-refractivity contribution in [3.8, 4) is 5.75 Å². The second-order valence-corrected chi connectivity index (χ2v) is 4.65. The molecule has 0 fully saturated rings. The van der Waals surface area contributed by atoms with Crippen LogP contribution in [0.25, 0.3) is 0 Å². The fourth-order valence-electron chi connectivity index (χ4n) is 1.47. The summed E-state index contributed by atoms with van der Waals surface area (Å²) in [5.74, 6) is 1.45. The third-order valence-electron chi connectivity index (χ3n) is 2.32. The molecule has 0 saturated heterocycles. The highest BCUT2D eigenvalue weighted by Gasteiger charge is 2.09. The third-order valence-corrected chi connectivity index (χ3v) is 2.82. The number of nitrogens with zero attached hydrogens (tertiary/aromatic N) is 1. The van der Waals surface area contributed by atoms with Crippen molar-refractivity contribution in [1.82, 2.24) is 5.16 Å². The van der Waals surface area contributed by atoms with Crippen molar-refractivity contribution in [3.05, 3.63) is 46.3 Å². The van der Waals surface area contributed by atoms with Crippen LogP contribution in [0.15, 0.2) is 39.5 Å². The minimum absolute atomic E-state index is 0.0859. The van der Waals surface area contributed by atoms with E-state index in [1.807, 2.05) is 25.1 Å². The number of halogens is 1. The van der Waals surface area contributed by atoms with E-state index < -0.39 is 0 Å². The van der Waals surface area contributed by atoms with Gasteiger partial charge in [0.2, 0.25) is 0 Å². The SMILES string of the molecule is CC(N)c1cc(Br)ccc1OCc1ccno1. The summed E-state index contributed by atoms with van der Waals surface area (Å²) in [5.41, 5.74) is 6.85. The van der Waals surface area contributed by atoms with Crippen LogP contribution in [0, 0.1) is 0 Å². The summed E-state index contributed by atoms with van der Waals surface area (Å²) in [4.78, 5) is 0. The van der Waals surface area contributed by atoms with Crippen LogP contribution in [0.5, 0.6) is 5.75 Å². The quantitative estimate of drug-likeness (QED) is 0.942. The van der Waals surface area contributed by atoms with Crippen molar-refractivity contribution in [3.63, 3.8) is 0 Å². The fraction of sp³-hybridized carbons (Fsp3) is 0.250. The highest BCUT2D eigenvalue weighted by Crippen LogP contribution is 2.28. The summed E-state index contributed by atoms with van der Waals surface area (Å²) in [7, 11) is 0. The van der Waals surface area contributed by atoms with Crippen LogP contribution in [0.1, 0.15) is 24.3 Å². The summed E-state index contributed by atoms with van der Waals surface area (Å²) >= 11 is 3.41. The first-order valence-electron chi connectivity index (χ1n) is 5.24. The van der Waals surface area contributed by atoms with Crippen molar-refractivity contribution < 1.29 is 9.26 Å². The van der Waals surface area contributed by atoms with Gasteiger partial charge in [0.05, 0.1) is 6.20 Å². The Morgan fingerprint density at radius 2 is 2.29 bits per heavy atom. The van der Waals surface area contributed by atoms with Gasteiger partial charge in [-0.2, -0.15) is 0 Å². The molecule has 0 aliphatic rings. The molecule has 2 N–H and O–H groups in total. The lowest BCUT2D eigenvalue weighted by Crippen LogP contribution is -2.08. The molecule has 0 aliphatic carbocycles. The predicted molar refractivity (Wildman–Crippen MR) is 67.6 cm³/mol. The van der Waals surface area contributed by atoms with Crippen LogP contribution in [-0.4, -0.2) is 5.16 Å². The smallest absolute Gasteiger partial charge is 0.174 e. The molecule has 1 atom stereocenters. The number of nitrogens with two attached hydrogens (primary N) is 1. The van der Waals surface area contributed by atoms with E-state index in [4.69, 9.17) is 15.0 Å². The van der Waals surface area contributed by atoms with Crippen molar-refractivity contribution in [2.75, 3.05) is 0 Å². The zero-order chi connectivity index (χ0) is 12.3. The zero-order valence-electron chi connectivity index (χ0n) is 9.39. The second kappa shape index (κ2) is 5.33. The molecular weight excluding hydrogens is 284 g/mol. The van der Waals surface area contributed by atoms with Gasteiger partial charge in [-0.15, -0.1) is 0 Å². The molecular formula is C12H13BrN2O2. The average Bonchev–Trinajstić information content (AvgIpc) is 2.80. The van der Waals surface area contributed by atoms with Crippen LogP contribution in [0.2, 0.25) is 0 Å². The van der Waals surface area contributed by atoms with Gasteiger partial charge in [0.25, 0.3) is 0 Å². The highest BCUT2D eigenvalue weighted by molar-refractivity contribution is 9.10. The summed E-state index contributed by atoms with van der Waals surface area (Å²) in [6, 6.07) is 7.45. The molecule has 90 valence electrons. The standard InChI is InChI=1S/C12H13BrN2O2/c1-8(14)11-6-9(13)2-3-12(11)16-7-10-4-5-15-17-10/h2-6,8H,7,14H2,1H3. The van der Waals surface area contributed by atoms with Crippen LogP contribution in [-0.2, 0) is 6.61 Å². The largest absolute Gasteiger partial charge is 0.485 e. The maximum absolute atomic E-state index is 5.90. The Morgan fingerprint density at radius 1 is 1.47 bits per heavy atom. The molecule has 0 radical (unpaired) electrons. The van der Waals surface area contributed by atoms with Crippen molar-refractivity contribution in [1.29, 1.82) is 0 Å². The lowest BCUT2D eigenvalue weighted by Gasteiger charge is -2.13. The molecule has 0 spiro atoms. The molecule has 0 bridgehead atoms. The van der Waals surface area contributed by atoms with Gasteiger partial charge in [-0.3, -0.25) is 0 Å². The minimum Gasteiger partial charge on any atom is -0.485 e. The summed E-state index contributed by atoms with van der Waals surface area (Å²) in [6.07, 6.45) is 1.59. The molecule has 0 saturated carbocycles. The molecule has 1 heterocycles. The molecule has 1 aromatic heterocycles. The Morgan fingerprint density at radius 3 is 2.94 bits per heavy atom. The molecule has 5 heteroatoms. The second-order valence-electron chi connectivity index (χ2n) is 3.74. The first-order chi connectivity index (χ1) is 8.16. The number of hydrogen-bond acceptors (Lipinski definition) is 4. The topological polar surface area (TPSA) is 61.3 Å². The van der Waals surface area contributed by atoms with E-state index in [-0.39, 0.29) is 6.04 Å². The van der Waals surface area contributed by atoms with Gasteiger partial charge in [0.15, 0.2) is 5.76 Å². The fourth-order valence-corrected chi connectivity index (χ4v) is 1.85. The summed E-state index contributed by atoms with van der Waals surface area (Å²) < 4.78 is 11.6. The van der Waals surface area contributed by atoms with Crippen molar-refractivity contribution >= 4 is 15.9 Å². The highest BCUT2D eigenvalue weighted by atomic mass is 79.9. The van der Waals surface area contributed by atoms with Gasteiger partial charge in [0, 0.05) is 22.1 Å². The maximum atomic E-state index is 5.90. The summed E-state index contributed by atoms with van der Waals surface area (Å²) in [6.45, 7) is 2.27. The minimum atomic E-state index is -0.0859. The maximum Gasteiger partial charge on any atom is 0.174 e. The average molecular weight is 297 g/mol. The van der Waals surface area contributed by atoms with E-state index in [9.17, 15) is 0 Å². The lowest BCUT2D eigenvalue weighted by atomic mass is 10.1. The molecule has 1 unspecified atom stereocenters. The van der Waals surface area contributed by atoms with Gasteiger partial charge < -0.3 is 15.0 Å². The normalized spacial score (nSPS) is 12.4. The number of ether oxygens (including phenoxy) is 1. The van der Waals surface area contributed by atoms with Gasteiger partial charge in [-0.05, 0) is 25.1 Å². The van der Waals surface area contributed by atoms with Crippen LogP contribution >= 0.6 is 15.9 Å². The third kappa shape index (κ3) is 3.08. The van der Waals surface area contributed by atoms with Crippen molar-refractivity contribution in [2.45, 2.75) is 19.6 Å². The first-order valence-corrected chi connectivity index (χ1v) is 6.03. The van der Waals surface area contributed by atoms with Gasteiger partial charge >= 0.3 is 0 Å². The molecule has 4 nitrogen and oxygen atoms in total. The van der Waals surface area contributed by atoms with E-state index in [1.165, 1.54) is 0 Å². The number of rotatable bonds is 4. The molecule has 2 rings (SSSR count). The Kier molecular flexibility index (Phi) is 3.81. The molecule has 0 amide bonds. The van der Waals surface area contributed by atoms with Gasteiger partial charge in [-0.1, -0.05) is 21.1 Å². The Labute approximate surface area is 108 Å². The van der Waals surface area contributed by atoms with Crippen LogP contribution in [0.3, 0.4) is 0 Å². The molecule has 1 aromatic carbocycles. The first kappa shape index (κ1) is 12.1.